The van der Waals surface area contributed by atoms with Crippen molar-refractivity contribution in [3.8, 4) is 0 Å². The zero-order valence-corrected chi connectivity index (χ0v) is 11.8. The van der Waals surface area contributed by atoms with Crippen LogP contribution in [-0.4, -0.2) is 21.8 Å². The van der Waals surface area contributed by atoms with Gasteiger partial charge in [0.1, 0.15) is 0 Å². The van der Waals surface area contributed by atoms with Gasteiger partial charge in [-0.1, -0.05) is 44.2 Å². The van der Waals surface area contributed by atoms with E-state index >= 15 is 0 Å². The molecule has 104 valence electrons. The molecular weight excluding hydrogens is 252 g/mol. The molecule has 0 spiro atoms. The largest absolute Gasteiger partial charge is 0.291 e. The number of carbonyl (C=O) groups excluding carboxylic acids is 1. The van der Waals surface area contributed by atoms with E-state index in [4.69, 9.17) is 0 Å². The third-order valence-corrected chi connectivity index (χ3v) is 2.97. The maximum atomic E-state index is 11.9. The third kappa shape index (κ3) is 3.32. The van der Waals surface area contributed by atoms with E-state index < -0.39 is 0 Å². The Kier molecular flexibility index (Phi) is 4.30. The Morgan fingerprint density at radius 2 is 2.00 bits per heavy atom. The summed E-state index contributed by atoms with van der Waals surface area (Å²) >= 11 is 0. The van der Waals surface area contributed by atoms with E-state index in [1.54, 1.807) is 6.07 Å². The van der Waals surface area contributed by atoms with Crippen LogP contribution in [0.1, 0.15) is 48.4 Å². The lowest BCUT2D eigenvalue weighted by molar-refractivity contribution is 0.0950. The minimum Gasteiger partial charge on any atom is -0.282 e. The van der Waals surface area contributed by atoms with Gasteiger partial charge in [-0.2, -0.15) is 10.2 Å². The number of aromatic nitrogens is 2. The van der Waals surface area contributed by atoms with Crippen molar-refractivity contribution < 1.29 is 4.79 Å². The molecular formula is C15H18N4O. The molecule has 20 heavy (non-hydrogen) atoms. The molecule has 0 saturated heterocycles. The molecule has 5 heteroatoms. The molecule has 0 aliphatic heterocycles. The van der Waals surface area contributed by atoms with Crippen LogP contribution in [0.2, 0.25) is 0 Å². The molecule has 0 aliphatic rings. The molecule has 2 rings (SSSR count). The molecule has 1 amide bonds. The van der Waals surface area contributed by atoms with Gasteiger partial charge in [0.25, 0.3) is 5.91 Å². The maximum Gasteiger partial charge on any atom is 0.291 e. The Bertz CT molecular complexity index is 614. The highest BCUT2D eigenvalue weighted by molar-refractivity contribution is 6.00. The van der Waals surface area contributed by atoms with Crippen molar-refractivity contribution in [3.05, 3.63) is 53.3 Å². The summed E-state index contributed by atoms with van der Waals surface area (Å²) in [7, 11) is 0. The second-order valence-electron chi connectivity index (χ2n) is 4.87. The first kappa shape index (κ1) is 14.0. The van der Waals surface area contributed by atoms with Gasteiger partial charge in [0, 0.05) is 5.69 Å². The summed E-state index contributed by atoms with van der Waals surface area (Å²) < 4.78 is 0. The van der Waals surface area contributed by atoms with Gasteiger partial charge in [0.15, 0.2) is 5.69 Å². The van der Waals surface area contributed by atoms with Gasteiger partial charge in [0.2, 0.25) is 0 Å². The fraction of sp³-hybridized carbons (Fsp3) is 0.267. The molecule has 2 aromatic rings. The van der Waals surface area contributed by atoms with Gasteiger partial charge in [-0.15, -0.1) is 0 Å². The van der Waals surface area contributed by atoms with Crippen molar-refractivity contribution in [1.82, 2.24) is 15.6 Å². The van der Waals surface area contributed by atoms with E-state index in [9.17, 15) is 4.79 Å². The lowest BCUT2D eigenvalue weighted by atomic mass is 10.1. The fourth-order valence-electron chi connectivity index (χ4n) is 1.68. The smallest absolute Gasteiger partial charge is 0.282 e. The molecule has 0 radical (unpaired) electrons. The van der Waals surface area contributed by atoms with Crippen LogP contribution < -0.4 is 5.43 Å². The summed E-state index contributed by atoms with van der Waals surface area (Å²) in [6.45, 7) is 5.92. The van der Waals surface area contributed by atoms with E-state index in [1.807, 2.05) is 51.1 Å². The second-order valence-corrected chi connectivity index (χ2v) is 4.87. The molecule has 1 aromatic heterocycles. The fourth-order valence-corrected chi connectivity index (χ4v) is 1.68. The molecule has 5 nitrogen and oxygen atoms in total. The van der Waals surface area contributed by atoms with E-state index in [0.717, 1.165) is 17.0 Å². The molecule has 2 N–H and O–H groups in total. The quantitative estimate of drug-likeness (QED) is 0.662. The zero-order chi connectivity index (χ0) is 14.5. The maximum absolute atomic E-state index is 11.9. The molecule has 0 saturated carbocycles. The Morgan fingerprint density at radius 3 is 2.60 bits per heavy atom. The third-order valence-electron chi connectivity index (χ3n) is 2.97. The number of amides is 1. The Labute approximate surface area is 118 Å². The monoisotopic (exact) mass is 270 g/mol. The number of aromatic amines is 1. The topological polar surface area (TPSA) is 70.1 Å². The standard InChI is InChI=1S/C15H18N4O/c1-10(2)13-9-14(18-17-13)15(20)19-16-11(3)12-7-5-4-6-8-12/h4-10H,1-3H3,(H,17,18)(H,19,20). The predicted octanol–water partition coefficient (Wildman–Crippen LogP) is 2.69. The van der Waals surface area contributed by atoms with Crippen LogP contribution in [0.4, 0.5) is 0 Å². The van der Waals surface area contributed by atoms with E-state index in [0.29, 0.717) is 11.6 Å². The minimum atomic E-state index is -0.316. The van der Waals surface area contributed by atoms with E-state index in [2.05, 4.69) is 20.7 Å². The summed E-state index contributed by atoms with van der Waals surface area (Å²) in [6, 6.07) is 11.4. The van der Waals surface area contributed by atoms with Crippen molar-refractivity contribution in [2.75, 3.05) is 0 Å². The van der Waals surface area contributed by atoms with Gasteiger partial charge in [-0.25, -0.2) is 5.43 Å². The normalized spacial score (nSPS) is 11.7. The van der Waals surface area contributed by atoms with Gasteiger partial charge in [-0.3, -0.25) is 9.89 Å². The summed E-state index contributed by atoms with van der Waals surface area (Å²) in [5, 5.41) is 10.9. The van der Waals surface area contributed by atoms with Crippen molar-refractivity contribution in [1.29, 1.82) is 0 Å². The Balaban J connectivity index is 2.04. The van der Waals surface area contributed by atoms with Crippen molar-refractivity contribution in [3.63, 3.8) is 0 Å². The Morgan fingerprint density at radius 1 is 1.30 bits per heavy atom. The Hall–Kier alpha value is -2.43. The number of rotatable bonds is 4. The predicted molar refractivity (Wildman–Crippen MR) is 78.8 cm³/mol. The van der Waals surface area contributed by atoms with Crippen LogP contribution in [0, 0.1) is 0 Å². The molecule has 0 bridgehead atoms. The van der Waals surface area contributed by atoms with Crippen LogP contribution in [0.3, 0.4) is 0 Å². The van der Waals surface area contributed by atoms with Crippen LogP contribution in [0.5, 0.6) is 0 Å². The van der Waals surface area contributed by atoms with Gasteiger partial charge < -0.3 is 0 Å². The summed E-state index contributed by atoms with van der Waals surface area (Å²) in [4.78, 5) is 11.9. The molecule has 1 heterocycles. The average Bonchev–Trinajstić information content (AvgIpc) is 2.95. The van der Waals surface area contributed by atoms with Gasteiger partial charge in [-0.05, 0) is 24.5 Å². The number of hydrogen-bond donors (Lipinski definition) is 2. The van der Waals surface area contributed by atoms with E-state index in [-0.39, 0.29) is 5.91 Å². The van der Waals surface area contributed by atoms with Crippen LogP contribution in [-0.2, 0) is 0 Å². The summed E-state index contributed by atoms with van der Waals surface area (Å²) in [6.07, 6.45) is 0. The molecule has 0 atom stereocenters. The van der Waals surface area contributed by atoms with E-state index in [1.165, 1.54) is 0 Å². The van der Waals surface area contributed by atoms with Crippen LogP contribution in [0.25, 0.3) is 0 Å². The first-order chi connectivity index (χ1) is 9.58. The number of nitrogens with zero attached hydrogens (tertiary/aromatic N) is 2. The second kappa shape index (κ2) is 6.14. The first-order valence-corrected chi connectivity index (χ1v) is 6.53. The lowest BCUT2D eigenvalue weighted by Gasteiger charge is -2.01. The SMILES string of the molecule is CC(=NNC(=O)c1cc(C(C)C)[nH]n1)c1ccccc1. The lowest BCUT2D eigenvalue weighted by Crippen LogP contribution is -2.19. The number of nitrogens with one attached hydrogen (secondary N) is 2. The number of H-pyrrole nitrogens is 1. The van der Waals surface area contributed by atoms with Crippen molar-refractivity contribution >= 4 is 11.6 Å². The number of hydrogen-bond acceptors (Lipinski definition) is 3. The van der Waals surface area contributed by atoms with Gasteiger partial charge in [0.05, 0.1) is 5.71 Å². The number of carbonyl (C=O) groups is 1. The summed E-state index contributed by atoms with van der Waals surface area (Å²) in [5.74, 6) is -0.0120. The highest BCUT2D eigenvalue weighted by atomic mass is 16.2. The highest BCUT2D eigenvalue weighted by Crippen LogP contribution is 2.11. The molecule has 0 aliphatic carbocycles. The van der Waals surface area contributed by atoms with Crippen LogP contribution in [0.15, 0.2) is 41.5 Å². The molecule has 0 unspecified atom stereocenters. The number of hydrazone groups is 1. The average molecular weight is 270 g/mol. The molecule has 1 aromatic carbocycles. The minimum absolute atomic E-state index is 0.304. The van der Waals surface area contributed by atoms with Crippen molar-refractivity contribution in [2.24, 2.45) is 5.10 Å². The number of benzene rings is 1. The zero-order valence-electron chi connectivity index (χ0n) is 11.8. The van der Waals surface area contributed by atoms with Crippen molar-refractivity contribution in [2.45, 2.75) is 26.7 Å². The van der Waals surface area contributed by atoms with Crippen LogP contribution >= 0.6 is 0 Å². The first-order valence-electron chi connectivity index (χ1n) is 6.53. The summed E-state index contributed by atoms with van der Waals surface area (Å²) in [5.41, 5.74) is 5.51. The van der Waals surface area contributed by atoms with Gasteiger partial charge >= 0.3 is 0 Å². The molecule has 0 fully saturated rings. The highest BCUT2D eigenvalue weighted by Gasteiger charge is 2.11.